The lowest BCUT2D eigenvalue weighted by molar-refractivity contribution is 0.293. The fourth-order valence-electron chi connectivity index (χ4n) is 3.26. The van der Waals surface area contributed by atoms with Gasteiger partial charge in [-0.25, -0.2) is 0 Å². The zero-order valence-corrected chi connectivity index (χ0v) is 7.76. The van der Waals surface area contributed by atoms with Crippen molar-refractivity contribution < 1.29 is 0 Å². The maximum atomic E-state index is 5.80. The van der Waals surface area contributed by atoms with E-state index in [1.807, 2.05) is 0 Å². The van der Waals surface area contributed by atoms with Crippen LogP contribution in [0.2, 0.25) is 0 Å². The minimum atomic E-state index is 0.329. The normalized spacial score (nSPS) is 38.5. The fraction of sp³-hybridized carbons (Fsp3) is 1.00. The van der Waals surface area contributed by atoms with E-state index >= 15 is 0 Å². The number of hydrogen-bond acceptors (Lipinski definition) is 2. The van der Waals surface area contributed by atoms with E-state index < -0.39 is 0 Å². The van der Waals surface area contributed by atoms with E-state index in [1.165, 1.54) is 32.1 Å². The van der Waals surface area contributed by atoms with Crippen molar-refractivity contribution in [2.24, 2.45) is 28.7 Å². The lowest BCUT2D eigenvalue weighted by Gasteiger charge is -2.26. The Labute approximate surface area is 74.7 Å². The molecule has 2 unspecified atom stereocenters. The second kappa shape index (κ2) is 3.00. The van der Waals surface area contributed by atoms with Crippen molar-refractivity contribution >= 4 is 0 Å². The van der Waals surface area contributed by atoms with E-state index in [9.17, 15) is 0 Å². The van der Waals surface area contributed by atoms with E-state index in [0.29, 0.717) is 5.41 Å². The van der Waals surface area contributed by atoms with Crippen LogP contribution in [0.3, 0.4) is 0 Å². The number of hydrogen-bond donors (Lipinski definition) is 2. The van der Waals surface area contributed by atoms with Gasteiger partial charge in [-0.1, -0.05) is 19.3 Å². The highest BCUT2D eigenvalue weighted by Crippen LogP contribution is 2.51. The molecule has 0 aromatic heterocycles. The van der Waals surface area contributed by atoms with Crippen LogP contribution in [-0.2, 0) is 0 Å². The molecule has 70 valence electrons. The molecule has 0 aromatic carbocycles. The molecule has 0 saturated heterocycles. The summed E-state index contributed by atoms with van der Waals surface area (Å²) in [6.07, 6.45) is 6.94. The topological polar surface area (TPSA) is 52.0 Å². The number of fused-ring (bicyclic) bond motifs is 1. The summed E-state index contributed by atoms with van der Waals surface area (Å²) in [5, 5.41) is 0. The zero-order valence-electron chi connectivity index (χ0n) is 7.76. The lowest BCUT2D eigenvalue weighted by atomic mass is 9.84. The summed E-state index contributed by atoms with van der Waals surface area (Å²) < 4.78 is 0. The van der Waals surface area contributed by atoms with Crippen LogP contribution in [0.1, 0.15) is 32.1 Å². The van der Waals surface area contributed by atoms with E-state index in [0.717, 1.165) is 24.9 Å². The van der Waals surface area contributed by atoms with E-state index in [4.69, 9.17) is 11.5 Å². The van der Waals surface area contributed by atoms with Gasteiger partial charge in [0.1, 0.15) is 0 Å². The van der Waals surface area contributed by atoms with Crippen LogP contribution in [-0.4, -0.2) is 13.1 Å². The highest BCUT2D eigenvalue weighted by molar-refractivity contribution is 4.97. The van der Waals surface area contributed by atoms with E-state index in [2.05, 4.69) is 0 Å². The van der Waals surface area contributed by atoms with E-state index in [-0.39, 0.29) is 0 Å². The minimum absolute atomic E-state index is 0.329. The SMILES string of the molecule is NCC1(CN)CC2CCCC2C1. The highest BCUT2D eigenvalue weighted by Gasteiger charge is 2.45. The Morgan fingerprint density at radius 3 is 1.92 bits per heavy atom. The molecular formula is C10H20N2. The van der Waals surface area contributed by atoms with E-state index in [1.54, 1.807) is 0 Å². The third kappa shape index (κ3) is 1.17. The molecule has 2 aliphatic carbocycles. The zero-order chi connectivity index (χ0) is 8.60. The van der Waals surface area contributed by atoms with Crippen molar-refractivity contribution in [2.75, 3.05) is 13.1 Å². The molecule has 2 nitrogen and oxygen atoms in total. The molecule has 0 bridgehead atoms. The maximum Gasteiger partial charge on any atom is -0.000823 e. The predicted octanol–water partition coefficient (Wildman–Crippen LogP) is 1.10. The average molecular weight is 168 g/mol. The third-order valence-corrected chi connectivity index (χ3v) is 4.07. The minimum Gasteiger partial charge on any atom is -0.330 e. The van der Waals surface area contributed by atoms with Crippen LogP contribution in [0.25, 0.3) is 0 Å². The fourth-order valence-corrected chi connectivity index (χ4v) is 3.26. The molecule has 2 rings (SSSR count). The first kappa shape index (κ1) is 8.52. The highest BCUT2D eigenvalue weighted by atomic mass is 14.7. The molecule has 12 heavy (non-hydrogen) atoms. The van der Waals surface area contributed by atoms with Gasteiger partial charge in [-0.05, 0) is 43.2 Å². The monoisotopic (exact) mass is 168 g/mol. The number of rotatable bonds is 2. The van der Waals surface area contributed by atoms with Gasteiger partial charge in [0.25, 0.3) is 0 Å². The van der Waals surface area contributed by atoms with Crippen LogP contribution in [0, 0.1) is 17.3 Å². The van der Waals surface area contributed by atoms with Crippen LogP contribution in [0.15, 0.2) is 0 Å². The first-order chi connectivity index (χ1) is 5.79. The summed E-state index contributed by atoms with van der Waals surface area (Å²) in [6.45, 7) is 1.60. The summed E-state index contributed by atoms with van der Waals surface area (Å²) in [5.41, 5.74) is 11.9. The Bertz CT molecular complexity index is 149. The molecule has 2 heteroatoms. The average Bonchev–Trinajstić information content (AvgIpc) is 2.61. The Morgan fingerprint density at radius 1 is 1.00 bits per heavy atom. The Balaban J connectivity index is 2.05. The van der Waals surface area contributed by atoms with Gasteiger partial charge in [-0.15, -0.1) is 0 Å². The van der Waals surface area contributed by atoms with Crippen LogP contribution in [0.4, 0.5) is 0 Å². The molecule has 0 radical (unpaired) electrons. The predicted molar refractivity (Wildman–Crippen MR) is 50.6 cm³/mol. The van der Waals surface area contributed by atoms with Gasteiger partial charge in [-0.3, -0.25) is 0 Å². The summed E-state index contributed by atoms with van der Waals surface area (Å²) in [6, 6.07) is 0. The maximum absolute atomic E-state index is 5.80. The van der Waals surface area contributed by atoms with Crippen LogP contribution < -0.4 is 11.5 Å². The summed E-state index contributed by atoms with van der Waals surface area (Å²) >= 11 is 0. The summed E-state index contributed by atoms with van der Waals surface area (Å²) in [7, 11) is 0. The quantitative estimate of drug-likeness (QED) is 0.648. The first-order valence-electron chi connectivity index (χ1n) is 5.20. The first-order valence-corrected chi connectivity index (χ1v) is 5.20. The van der Waals surface area contributed by atoms with Crippen molar-refractivity contribution in [3.8, 4) is 0 Å². The van der Waals surface area contributed by atoms with Crippen molar-refractivity contribution in [2.45, 2.75) is 32.1 Å². The molecule has 0 aromatic rings. The van der Waals surface area contributed by atoms with Gasteiger partial charge < -0.3 is 11.5 Å². The van der Waals surface area contributed by atoms with Gasteiger partial charge in [0, 0.05) is 0 Å². The van der Waals surface area contributed by atoms with Crippen LogP contribution >= 0.6 is 0 Å². The third-order valence-electron chi connectivity index (χ3n) is 4.07. The molecule has 0 heterocycles. The number of nitrogens with two attached hydrogens (primary N) is 2. The lowest BCUT2D eigenvalue weighted by Crippen LogP contribution is -2.36. The van der Waals surface area contributed by atoms with Gasteiger partial charge >= 0.3 is 0 Å². The van der Waals surface area contributed by atoms with Gasteiger partial charge in [0.05, 0.1) is 0 Å². The van der Waals surface area contributed by atoms with Crippen molar-refractivity contribution in [3.05, 3.63) is 0 Å². The molecule has 2 aliphatic rings. The van der Waals surface area contributed by atoms with Crippen LogP contribution in [0.5, 0.6) is 0 Å². The molecule has 0 spiro atoms. The largest absolute Gasteiger partial charge is 0.330 e. The smallest absolute Gasteiger partial charge is 0.000823 e. The standard InChI is InChI=1S/C10H20N2/c11-6-10(7-12)4-8-2-1-3-9(8)5-10/h8-9H,1-7,11-12H2. The molecule has 2 fully saturated rings. The summed E-state index contributed by atoms with van der Waals surface area (Å²) in [5.74, 6) is 1.94. The second-order valence-corrected chi connectivity index (χ2v) is 4.77. The Morgan fingerprint density at radius 2 is 1.50 bits per heavy atom. The molecule has 2 saturated carbocycles. The molecule has 2 atom stereocenters. The van der Waals surface area contributed by atoms with Crippen molar-refractivity contribution in [1.82, 2.24) is 0 Å². The Kier molecular flexibility index (Phi) is 2.13. The second-order valence-electron chi connectivity index (χ2n) is 4.77. The molecule has 4 N–H and O–H groups in total. The van der Waals surface area contributed by atoms with Gasteiger partial charge in [0.15, 0.2) is 0 Å². The van der Waals surface area contributed by atoms with Gasteiger partial charge in [-0.2, -0.15) is 0 Å². The van der Waals surface area contributed by atoms with Crippen molar-refractivity contribution in [3.63, 3.8) is 0 Å². The Hall–Kier alpha value is -0.0800. The van der Waals surface area contributed by atoms with Crippen molar-refractivity contribution in [1.29, 1.82) is 0 Å². The summed E-state index contributed by atoms with van der Waals surface area (Å²) in [4.78, 5) is 0. The molecular weight excluding hydrogens is 148 g/mol. The van der Waals surface area contributed by atoms with Gasteiger partial charge in [0.2, 0.25) is 0 Å². The molecule has 0 amide bonds. The molecule has 0 aliphatic heterocycles.